The van der Waals surface area contributed by atoms with E-state index in [1.165, 1.54) is 19.3 Å². The number of aryl methyl sites for hydroxylation is 1. The molecule has 1 aromatic rings. The highest BCUT2D eigenvalue weighted by molar-refractivity contribution is 7.99. The summed E-state index contributed by atoms with van der Waals surface area (Å²) in [5.74, 6) is 0. The molecule has 0 aromatic carbocycles. The Morgan fingerprint density at radius 1 is 1.37 bits per heavy atom. The predicted octanol–water partition coefficient (Wildman–Crippen LogP) is 3.43. The molecule has 1 N–H and O–H groups in total. The molecular formula is C15H25N3S. The number of thioether (sulfide) groups is 1. The van der Waals surface area contributed by atoms with Crippen LogP contribution < -0.4 is 5.32 Å². The Kier molecular flexibility index (Phi) is 4.85. The van der Waals surface area contributed by atoms with E-state index in [4.69, 9.17) is 0 Å². The minimum absolute atomic E-state index is 0.358. The topological polar surface area (TPSA) is 37.8 Å². The fourth-order valence-electron chi connectivity index (χ4n) is 2.92. The zero-order chi connectivity index (χ0) is 13.9. The van der Waals surface area contributed by atoms with E-state index in [0.717, 1.165) is 17.3 Å². The molecular weight excluding hydrogens is 254 g/mol. The molecule has 4 heteroatoms. The van der Waals surface area contributed by atoms with E-state index in [0.29, 0.717) is 16.7 Å². The molecule has 0 spiro atoms. The van der Waals surface area contributed by atoms with Gasteiger partial charge >= 0.3 is 0 Å². The highest BCUT2D eigenvalue weighted by Crippen LogP contribution is 2.42. The van der Waals surface area contributed by atoms with Crippen molar-refractivity contribution in [1.82, 2.24) is 15.3 Å². The normalized spacial score (nSPS) is 26.3. The highest BCUT2D eigenvalue weighted by atomic mass is 32.2. The molecule has 0 bridgehead atoms. The van der Waals surface area contributed by atoms with Gasteiger partial charge in [-0.3, -0.25) is 0 Å². The van der Waals surface area contributed by atoms with Crippen LogP contribution in [0.4, 0.5) is 0 Å². The average molecular weight is 279 g/mol. The molecule has 0 saturated heterocycles. The van der Waals surface area contributed by atoms with Crippen molar-refractivity contribution in [2.24, 2.45) is 5.41 Å². The molecule has 1 heterocycles. The van der Waals surface area contributed by atoms with Gasteiger partial charge in [0.05, 0.1) is 0 Å². The number of hydrogen-bond donors (Lipinski definition) is 1. The molecule has 1 aliphatic carbocycles. The van der Waals surface area contributed by atoms with E-state index in [1.54, 1.807) is 0 Å². The first kappa shape index (κ1) is 14.8. The Balaban J connectivity index is 2.10. The SMILES string of the molecule is CCNC1C(Sc2ncc(C)cn2)CCCC1(C)C. The van der Waals surface area contributed by atoms with Crippen LogP contribution in [-0.4, -0.2) is 27.8 Å². The van der Waals surface area contributed by atoms with Gasteiger partial charge in [0.15, 0.2) is 5.16 Å². The Labute approximate surface area is 121 Å². The predicted molar refractivity (Wildman–Crippen MR) is 81.5 cm³/mol. The van der Waals surface area contributed by atoms with Crippen molar-refractivity contribution in [3.63, 3.8) is 0 Å². The molecule has 1 fully saturated rings. The monoisotopic (exact) mass is 279 g/mol. The van der Waals surface area contributed by atoms with Crippen molar-refractivity contribution in [3.8, 4) is 0 Å². The maximum atomic E-state index is 4.44. The number of nitrogens with zero attached hydrogens (tertiary/aromatic N) is 2. The van der Waals surface area contributed by atoms with E-state index < -0.39 is 0 Å². The zero-order valence-corrected chi connectivity index (χ0v) is 13.3. The number of aromatic nitrogens is 2. The molecule has 0 amide bonds. The van der Waals surface area contributed by atoms with E-state index in [9.17, 15) is 0 Å². The van der Waals surface area contributed by atoms with Gasteiger partial charge in [0.25, 0.3) is 0 Å². The van der Waals surface area contributed by atoms with Crippen LogP contribution in [0.15, 0.2) is 17.6 Å². The molecule has 3 nitrogen and oxygen atoms in total. The Morgan fingerprint density at radius 3 is 2.68 bits per heavy atom. The Hall–Kier alpha value is -0.610. The number of hydrogen-bond acceptors (Lipinski definition) is 4. The highest BCUT2D eigenvalue weighted by Gasteiger charge is 2.39. The molecule has 2 rings (SSSR count). The lowest BCUT2D eigenvalue weighted by atomic mass is 9.73. The Morgan fingerprint density at radius 2 is 2.05 bits per heavy atom. The minimum atomic E-state index is 0.358. The third kappa shape index (κ3) is 3.69. The van der Waals surface area contributed by atoms with Gasteiger partial charge in [-0.1, -0.05) is 39.0 Å². The third-order valence-corrected chi connectivity index (χ3v) is 5.19. The summed E-state index contributed by atoms with van der Waals surface area (Å²) in [6.45, 7) is 10.0. The molecule has 2 unspecified atom stereocenters. The van der Waals surface area contributed by atoms with Gasteiger partial charge in [0, 0.05) is 23.7 Å². The molecule has 1 aromatic heterocycles. The second-order valence-corrected chi connectivity index (χ2v) is 7.32. The van der Waals surface area contributed by atoms with Crippen LogP contribution in [0.2, 0.25) is 0 Å². The minimum Gasteiger partial charge on any atom is -0.313 e. The standard InChI is InChI=1S/C15H25N3S/c1-5-16-13-12(7-6-8-15(13,3)4)19-14-17-9-11(2)10-18-14/h9-10,12-13,16H,5-8H2,1-4H3. The molecule has 106 valence electrons. The van der Waals surface area contributed by atoms with Crippen LogP contribution >= 0.6 is 11.8 Å². The van der Waals surface area contributed by atoms with Crippen molar-refractivity contribution in [3.05, 3.63) is 18.0 Å². The summed E-state index contributed by atoms with van der Waals surface area (Å²) in [5, 5.41) is 5.17. The lowest BCUT2D eigenvalue weighted by molar-refractivity contribution is 0.176. The second kappa shape index (κ2) is 6.23. The van der Waals surface area contributed by atoms with Crippen LogP contribution in [0.5, 0.6) is 0 Å². The van der Waals surface area contributed by atoms with Gasteiger partial charge in [0.2, 0.25) is 0 Å². The van der Waals surface area contributed by atoms with Crippen LogP contribution in [0.1, 0.15) is 45.6 Å². The summed E-state index contributed by atoms with van der Waals surface area (Å²) in [4.78, 5) is 8.88. The summed E-state index contributed by atoms with van der Waals surface area (Å²) < 4.78 is 0. The molecule has 0 aliphatic heterocycles. The molecule has 1 aliphatic rings. The summed E-state index contributed by atoms with van der Waals surface area (Å²) in [5.41, 5.74) is 1.48. The van der Waals surface area contributed by atoms with Crippen molar-refractivity contribution in [1.29, 1.82) is 0 Å². The van der Waals surface area contributed by atoms with Crippen LogP contribution in [-0.2, 0) is 0 Å². The first-order chi connectivity index (χ1) is 9.03. The smallest absolute Gasteiger partial charge is 0.187 e. The maximum Gasteiger partial charge on any atom is 0.187 e. The largest absolute Gasteiger partial charge is 0.313 e. The lowest BCUT2D eigenvalue weighted by Gasteiger charge is -2.44. The Bertz CT molecular complexity index is 402. The quantitative estimate of drug-likeness (QED) is 0.857. The van der Waals surface area contributed by atoms with Gasteiger partial charge in [-0.25, -0.2) is 9.97 Å². The average Bonchev–Trinajstić information content (AvgIpc) is 2.36. The van der Waals surface area contributed by atoms with Crippen molar-refractivity contribution in [2.75, 3.05) is 6.54 Å². The second-order valence-electron chi connectivity index (χ2n) is 6.12. The summed E-state index contributed by atoms with van der Waals surface area (Å²) in [6, 6.07) is 0.543. The van der Waals surface area contributed by atoms with E-state index >= 15 is 0 Å². The van der Waals surface area contributed by atoms with E-state index in [1.807, 2.05) is 31.1 Å². The first-order valence-corrected chi connectivity index (χ1v) is 8.09. The van der Waals surface area contributed by atoms with Gasteiger partial charge in [-0.2, -0.15) is 0 Å². The van der Waals surface area contributed by atoms with Crippen molar-refractivity contribution >= 4 is 11.8 Å². The summed E-state index contributed by atoms with van der Waals surface area (Å²) in [6.07, 6.45) is 7.68. The lowest BCUT2D eigenvalue weighted by Crippen LogP contribution is -2.51. The van der Waals surface area contributed by atoms with E-state index in [2.05, 4.69) is 36.1 Å². The van der Waals surface area contributed by atoms with Gasteiger partial charge in [-0.05, 0) is 37.3 Å². The number of rotatable bonds is 4. The number of nitrogens with one attached hydrogen (secondary N) is 1. The van der Waals surface area contributed by atoms with Crippen LogP contribution in [0.25, 0.3) is 0 Å². The van der Waals surface area contributed by atoms with Crippen molar-refractivity contribution < 1.29 is 0 Å². The molecule has 0 radical (unpaired) electrons. The fraction of sp³-hybridized carbons (Fsp3) is 0.733. The third-order valence-electron chi connectivity index (χ3n) is 3.96. The molecule has 2 atom stereocenters. The molecule has 19 heavy (non-hydrogen) atoms. The molecule has 1 saturated carbocycles. The van der Waals surface area contributed by atoms with E-state index in [-0.39, 0.29) is 0 Å². The summed E-state index contributed by atoms with van der Waals surface area (Å²) >= 11 is 1.84. The van der Waals surface area contributed by atoms with Gasteiger partial charge in [0.1, 0.15) is 0 Å². The summed E-state index contributed by atoms with van der Waals surface area (Å²) in [7, 11) is 0. The van der Waals surface area contributed by atoms with Crippen molar-refractivity contribution in [2.45, 2.75) is 63.4 Å². The van der Waals surface area contributed by atoms with Crippen LogP contribution in [0.3, 0.4) is 0 Å². The zero-order valence-electron chi connectivity index (χ0n) is 12.4. The maximum absolute atomic E-state index is 4.44. The fourth-order valence-corrected chi connectivity index (χ4v) is 4.30. The van der Waals surface area contributed by atoms with Crippen LogP contribution in [0, 0.1) is 12.3 Å². The first-order valence-electron chi connectivity index (χ1n) is 7.21. The van der Waals surface area contributed by atoms with Gasteiger partial charge in [-0.15, -0.1) is 0 Å². The van der Waals surface area contributed by atoms with Gasteiger partial charge < -0.3 is 5.32 Å².